The van der Waals surface area contributed by atoms with Gasteiger partial charge in [0, 0.05) is 21.5 Å². The van der Waals surface area contributed by atoms with Crippen molar-refractivity contribution in [1.29, 1.82) is 0 Å². The molecule has 0 fully saturated rings. The molecule has 0 aliphatic heterocycles. The smallest absolute Gasteiger partial charge is 0.177 e. The van der Waals surface area contributed by atoms with Crippen LogP contribution in [0.5, 0.6) is 0 Å². The number of nitrogens with two attached hydrogens (primary N) is 1. The number of halogens is 1. The average Bonchev–Trinajstić information content (AvgIpc) is 2.82. The number of benzene rings is 1. The summed E-state index contributed by atoms with van der Waals surface area (Å²) in [6.45, 7) is 0. The average molecular weight is 363 g/mol. The first-order valence-corrected chi connectivity index (χ1v) is 6.75. The van der Waals surface area contributed by atoms with Crippen LogP contribution in [0.15, 0.2) is 53.3 Å². The summed E-state index contributed by atoms with van der Waals surface area (Å²) in [5.74, 6) is 1.08. The van der Waals surface area contributed by atoms with Gasteiger partial charge in [0.05, 0.1) is 5.56 Å². The van der Waals surface area contributed by atoms with Gasteiger partial charge in [-0.25, -0.2) is 0 Å². The Bertz CT molecular complexity index is 710. The van der Waals surface area contributed by atoms with Gasteiger partial charge in [0.25, 0.3) is 0 Å². The van der Waals surface area contributed by atoms with Crippen LogP contribution in [0.1, 0.15) is 0 Å². The molecular formula is C14H10IN3O. The largest absolute Gasteiger partial charge is 0.380 e. The molecule has 3 aromatic rings. The maximum Gasteiger partial charge on any atom is 0.177 e. The number of pyridine rings is 1. The summed E-state index contributed by atoms with van der Waals surface area (Å²) in [7, 11) is 0. The second-order valence-electron chi connectivity index (χ2n) is 3.99. The molecular weight excluding hydrogens is 353 g/mol. The van der Waals surface area contributed by atoms with Gasteiger partial charge in [-0.15, -0.1) is 0 Å². The van der Waals surface area contributed by atoms with E-state index in [0.29, 0.717) is 11.6 Å². The maximum absolute atomic E-state index is 5.93. The van der Waals surface area contributed by atoms with Crippen LogP contribution in [0, 0.1) is 3.57 Å². The second kappa shape index (κ2) is 5.00. The number of rotatable bonds is 2. The van der Waals surface area contributed by atoms with Crippen LogP contribution in [-0.4, -0.2) is 10.1 Å². The summed E-state index contributed by atoms with van der Waals surface area (Å²) in [6.07, 6.45) is 3.45. The number of hydrogen-bond acceptors (Lipinski definition) is 4. The Balaban J connectivity index is 2.23. The van der Waals surface area contributed by atoms with Crippen molar-refractivity contribution in [2.75, 3.05) is 5.73 Å². The molecule has 5 heteroatoms. The Morgan fingerprint density at radius 1 is 1.05 bits per heavy atom. The summed E-state index contributed by atoms with van der Waals surface area (Å²) in [5.41, 5.74) is 8.68. The van der Waals surface area contributed by atoms with Gasteiger partial charge in [0.2, 0.25) is 0 Å². The first-order valence-electron chi connectivity index (χ1n) is 5.68. The molecule has 0 saturated carbocycles. The zero-order valence-corrected chi connectivity index (χ0v) is 12.0. The van der Waals surface area contributed by atoms with E-state index in [1.165, 1.54) is 0 Å². The second-order valence-corrected chi connectivity index (χ2v) is 5.15. The number of nitrogen functional groups attached to an aromatic ring is 1. The van der Waals surface area contributed by atoms with E-state index >= 15 is 0 Å². The fraction of sp³-hybridized carbons (Fsp3) is 0. The van der Waals surface area contributed by atoms with Crippen molar-refractivity contribution in [2.45, 2.75) is 0 Å². The predicted molar refractivity (Wildman–Crippen MR) is 82.3 cm³/mol. The lowest BCUT2D eigenvalue weighted by Gasteiger charge is -2.04. The van der Waals surface area contributed by atoms with E-state index < -0.39 is 0 Å². The van der Waals surface area contributed by atoms with Gasteiger partial charge in [0.15, 0.2) is 11.6 Å². The number of aromatic nitrogens is 2. The fourth-order valence-electron chi connectivity index (χ4n) is 1.93. The van der Waals surface area contributed by atoms with Crippen LogP contribution in [0.2, 0.25) is 0 Å². The number of nitrogens with zero attached hydrogens (tertiary/aromatic N) is 2. The SMILES string of the molecule is Nc1noc(-c2ccccc2I)c1-c1ccncc1. The number of anilines is 1. The maximum atomic E-state index is 5.93. The summed E-state index contributed by atoms with van der Waals surface area (Å²) in [4.78, 5) is 4.01. The van der Waals surface area contributed by atoms with E-state index in [1.807, 2.05) is 36.4 Å². The molecule has 0 bridgehead atoms. The Labute approximate surface area is 123 Å². The van der Waals surface area contributed by atoms with Crippen molar-refractivity contribution >= 4 is 28.4 Å². The van der Waals surface area contributed by atoms with E-state index in [-0.39, 0.29) is 0 Å². The standard InChI is InChI=1S/C14H10IN3O/c15-11-4-2-1-3-10(11)13-12(14(16)18-19-13)9-5-7-17-8-6-9/h1-8H,(H2,16,18). The molecule has 0 atom stereocenters. The van der Waals surface area contributed by atoms with E-state index in [0.717, 1.165) is 20.3 Å². The monoisotopic (exact) mass is 363 g/mol. The third kappa shape index (κ3) is 2.21. The first kappa shape index (κ1) is 12.2. The van der Waals surface area contributed by atoms with Gasteiger partial charge in [-0.1, -0.05) is 23.4 Å². The fourth-order valence-corrected chi connectivity index (χ4v) is 2.56. The van der Waals surface area contributed by atoms with Crippen molar-refractivity contribution in [3.8, 4) is 22.5 Å². The highest BCUT2D eigenvalue weighted by Gasteiger charge is 2.18. The molecule has 2 aromatic heterocycles. The van der Waals surface area contributed by atoms with Gasteiger partial charge in [-0.3, -0.25) is 4.98 Å². The molecule has 2 N–H and O–H groups in total. The topological polar surface area (TPSA) is 64.9 Å². The van der Waals surface area contributed by atoms with E-state index in [1.54, 1.807) is 12.4 Å². The van der Waals surface area contributed by atoms with Crippen LogP contribution in [0.4, 0.5) is 5.82 Å². The van der Waals surface area contributed by atoms with Crippen LogP contribution in [0.3, 0.4) is 0 Å². The normalized spacial score (nSPS) is 10.6. The highest BCUT2D eigenvalue weighted by Crippen LogP contribution is 2.37. The van der Waals surface area contributed by atoms with Crippen LogP contribution < -0.4 is 5.73 Å². The van der Waals surface area contributed by atoms with Gasteiger partial charge < -0.3 is 10.3 Å². The Morgan fingerprint density at radius 2 is 1.79 bits per heavy atom. The third-order valence-corrected chi connectivity index (χ3v) is 3.75. The lowest BCUT2D eigenvalue weighted by molar-refractivity contribution is 0.436. The molecule has 0 spiro atoms. The molecule has 4 nitrogen and oxygen atoms in total. The van der Waals surface area contributed by atoms with Crippen LogP contribution in [0.25, 0.3) is 22.5 Å². The highest BCUT2D eigenvalue weighted by molar-refractivity contribution is 14.1. The minimum Gasteiger partial charge on any atom is -0.380 e. The summed E-state index contributed by atoms with van der Waals surface area (Å²) in [5, 5.41) is 3.89. The summed E-state index contributed by atoms with van der Waals surface area (Å²) in [6, 6.07) is 11.7. The lowest BCUT2D eigenvalue weighted by atomic mass is 10.0. The number of hydrogen-bond donors (Lipinski definition) is 1. The van der Waals surface area contributed by atoms with Crippen molar-refractivity contribution in [3.63, 3.8) is 0 Å². The molecule has 0 unspecified atom stereocenters. The molecule has 3 rings (SSSR count). The summed E-state index contributed by atoms with van der Waals surface area (Å²) >= 11 is 2.27. The van der Waals surface area contributed by atoms with Crippen molar-refractivity contribution in [2.24, 2.45) is 0 Å². The minimum absolute atomic E-state index is 0.390. The van der Waals surface area contributed by atoms with Crippen molar-refractivity contribution < 1.29 is 4.52 Å². The van der Waals surface area contributed by atoms with Gasteiger partial charge in [-0.2, -0.15) is 0 Å². The van der Waals surface area contributed by atoms with Gasteiger partial charge >= 0.3 is 0 Å². The lowest BCUT2D eigenvalue weighted by Crippen LogP contribution is -1.89. The van der Waals surface area contributed by atoms with Gasteiger partial charge in [0.1, 0.15) is 0 Å². The highest BCUT2D eigenvalue weighted by atomic mass is 127. The molecule has 0 aliphatic carbocycles. The van der Waals surface area contributed by atoms with Crippen molar-refractivity contribution in [3.05, 3.63) is 52.4 Å². The molecule has 19 heavy (non-hydrogen) atoms. The van der Waals surface area contributed by atoms with E-state index in [9.17, 15) is 0 Å². The van der Waals surface area contributed by atoms with Gasteiger partial charge in [-0.05, 0) is 46.4 Å². The van der Waals surface area contributed by atoms with E-state index in [2.05, 4.69) is 32.7 Å². The molecule has 0 aliphatic rings. The Kier molecular flexibility index (Phi) is 3.20. The molecule has 94 valence electrons. The quantitative estimate of drug-likeness (QED) is 0.707. The third-order valence-electron chi connectivity index (χ3n) is 2.81. The summed E-state index contributed by atoms with van der Waals surface area (Å²) < 4.78 is 6.51. The molecule has 0 radical (unpaired) electrons. The predicted octanol–water partition coefficient (Wildman–Crippen LogP) is 3.59. The van der Waals surface area contributed by atoms with Crippen molar-refractivity contribution in [1.82, 2.24) is 10.1 Å². The Hall–Kier alpha value is -1.89. The molecule has 0 amide bonds. The molecule has 0 saturated heterocycles. The van der Waals surface area contributed by atoms with Crippen LogP contribution in [-0.2, 0) is 0 Å². The zero-order valence-electron chi connectivity index (χ0n) is 9.88. The van der Waals surface area contributed by atoms with E-state index in [4.69, 9.17) is 10.3 Å². The zero-order chi connectivity index (χ0) is 13.2. The molecule has 2 heterocycles. The minimum atomic E-state index is 0.390. The van der Waals surface area contributed by atoms with Crippen LogP contribution >= 0.6 is 22.6 Å². The first-order chi connectivity index (χ1) is 9.27. The Morgan fingerprint density at radius 3 is 2.53 bits per heavy atom. The molecule has 1 aromatic carbocycles.